The first kappa shape index (κ1) is 19.1. The van der Waals surface area contributed by atoms with Crippen LogP contribution in [0.15, 0.2) is 40.2 Å². The Morgan fingerprint density at radius 1 is 1.31 bits per heavy atom. The second-order valence-corrected chi connectivity index (χ2v) is 7.49. The molecule has 1 aliphatic heterocycles. The number of rotatable bonds is 2. The normalized spacial score (nSPS) is 14.9. The maximum absolute atomic E-state index is 13.5. The van der Waals surface area contributed by atoms with Gasteiger partial charge in [0.2, 0.25) is 5.96 Å². The summed E-state index contributed by atoms with van der Waals surface area (Å²) in [4.78, 5) is 20.6. The van der Waals surface area contributed by atoms with Crippen LogP contribution >= 0.6 is 15.9 Å². The number of H-pyrrole nitrogens is 1. The zero-order valence-electron chi connectivity index (χ0n) is 15.7. The Bertz CT molecular complexity index is 1110. The summed E-state index contributed by atoms with van der Waals surface area (Å²) < 4.78 is 13.8. The van der Waals surface area contributed by atoms with E-state index in [2.05, 4.69) is 46.1 Å². The van der Waals surface area contributed by atoms with Gasteiger partial charge in [-0.15, -0.1) is 0 Å². The van der Waals surface area contributed by atoms with Crippen LogP contribution in [0.1, 0.15) is 5.56 Å². The van der Waals surface area contributed by atoms with E-state index in [-0.39, 0.29) is 5.82 Å². The number of hydrogen-bond donors (Lipinski definition) is 2. The molecule has 10 heteroatoms. The van der Waals surface area contributed by atoms with Gasteiger partial charge in [-0.2, -0.15) is 5.26 Å². The second-order valence-electron chi connectivity index (χ2n) is 6.64. The molecule has 0 atom stereocenters. The lowest BCUT2D eigenvalue weighted by molar-refractivity contribution is 0.377. The van der Waals surface area contributed by atoms with Gasteiger partial charge in [0.1, 0.15) is 23.6 Å². The number of aromatic amines is 1. The Morgan fingerprint density at radius 2 is 2.10 bits per heavy atom. The van der Waals surface area contributed by atoms with Gasteiger partial charge >= 0.3 is 0 Å². The summed E-state index contributed by atoms with van der Waals surface area (Å²) in [5.41, 5.74) is 2.48. The lowest BCUT2D eigenvalue weighted by atomic mass is 10.2. The minimum Gasteiger partial charge on any atom is -0.352 e. The molecule has 0 radical (unpaired) electrons. The number of guanidine groups is 1. The summed E-state index contributed by atoms with van der Waals surface area (Å²) in [7, 11) is 0. The van der Waals surface area contributed by atoms with Crippen LogP contribution in [0.4, 0.5) is 15.9 Å². The molecule has 1 aromatic carbocycles. The monoisotopic (exact) mass is 456 g/mol. The zero-order chi connectivity index (χ0) is 20.4. The number of nitrogens with zero attached hydrogens (tertiary/aromatic N) is 6. The smallest absolute Gasteiger partial charge is 0.212 e. The number of piperazine rings is 1. The molecule has 0 bridgehead atoms. The first-order chi connectivity index (χ1) is 14.1. The van der Waals surface area contributed by atoms with Crippen LogP contribution in [-0.2, 0) is 0 Å². The number of benzene rings is 1. The molecule has 1 fully saturated rings. The summed E-state index contributed by atoms with van der Waals surface area (Å²) in [6.07, 6.45) is 5.43. The van der Waals surface area contributed by atoms with Crippen molar-refractivity contribution in [3.8, 4) is 6.19 Å². The fourth-order valence-corrected chi connectivity index (χ4v) is 3.74. The molecule has 1 saturated heterocycles. The van der Waals surface area contributed by atoms with Crippen LogP contribution in [-0.4, -0.2) is 52.0 Å². The molecule has 148 valence electrons. The minimum atomic E-state index is -0.358. The molecule has 29 heavy (non-hydrogen) atoms. The predicted molar refractivity (Wildman–Crippen MR) is 112 cm³/mol. The molecule has 0 saturated carbocycles. The molecular formula is C19H18BrFN8. The Hall–Kier alpha value is -3.19. The van der Waals surface area contributed by atoms with E-state index in [4.69, 9.17) is 5.26 Å². The topological polar surface area (TPSA) is 96.2 Å². The lowest BCUT2D eigenvalue weighted by Crippen LogP contribution is -2.52. The Labute approximate surface area is 175 Å². The van der Waals surface area contributed by atoms with E-state index in [1.54, 1.807) is 18.5 Å². The van der Waals surface area contributed by atoms with Gasteiger partial charge in [0, 0.05) is 32.4 Å². The van der Waals surface area contributed by atoms with Crippen LogP contribution in [0.3, 0.4) is 0 Å². The number of nitrogens with one attached hydrogen (secondary N) is 2. The highest BCUT2D eigenvalue weighted by Gasteiger charge is 2.23. The SMILES string of the molecule is Cc1c[nH]c2ncnc(N3CCN(C(=Nc4ccc(F)c(Br)c4)NC#N)CC3)c12. The number of hydrogen-bond acceptors (Lipinski definition) is 5. The first-order valence-corrected chi connectivity index (χ1v) is 9.83. The molecule has 0 aliphatic carbocycles. The molecule has 4 rings (SSSR count). The number of nitriles is 1. The molecule has 3 heterocycles. The molecule has 1 aliphatic rings. The molecule has 0 spiro atoms. The van der Waals surface area contributed by atoms with E-state index in [0.29, 0.717) is 29.2 Å². The molecule has 0 unspecified atom stereocenters. The predicted octanol–water partition coefficient (Wildman–Crippen LogP) is 3.05. The van der Waals surface area contributed by atoms with Crippen molar-refractivity contribution in [2.75, 3.05) is 31.1 Å². The van der Waals surface area contributed by atoms with Gasteiger partial charge in [0.25, 0.3) is 0 Å². The highest BCUT2D eigenvalue weighted by molar-refractivity contribution is 9.10. The highest BCUT2D eigenvalue weighted by Crippen LogP contribution is 2.27. The van der Waals surface area contributed by atoms with Crippen LogP contribution in [0, 0.1) is 24.2 Å². The van der Waals surface area contributed by atoms with E-state index in [1.165, 1.54) is 6.07 Å². The molecule has 2 N–H and O–H groups in total. The molecular weight excluding hydrogens is 439 g/mol. The number of halogens is 2. The number of anilines is 1. The van der Waals surface area contributed by atoms with Crippen molar-refractivity contribution in [2.45, 2.75) is 6.92 Å². The van der Waals surface area contributed by atoms with E-state index in [9.17, 15) is 4.39 Å². The van der Waals surface area contributed by atoms with Gasteiger partial charge in [-0.25, -0.2) is 19.4 Å². The van der Waals surface area contributed by atoms with Crippen molar-refractivity contribution in [3.63, 3.8) is 0 Å². The van der Waals surface area contributed by atoms with Crippen LogP contribution in [0.5, 0.6) is 0 Å². The quantitative estimate of drug-likeness (QED) is 0.266. The average molecular weight is 457 g/mol. The Morgan fingerprint density at radius 3 is 2.83 bits per heavy atom. The van der Waals surface area contributed by atoms with Crippen molar-refractivity contribution in [1.82, 2.24) is 25.2 Å². The summed E-state index contributed by atoms with van der Waals surface area (Å²) >= 11 is 3.16. The van der Waals surface area contributed by atoms with Crippen molar-refractivity contribution >= 4 is 44.4 Å². The zero-order valence-corrected chi connectivity index (χ0v) is 17.2. The largest absolute Gasteiger partial charge is 0.352 e. The number of aliphatic imine (C=N–C) groups is 1. The Kier molecular flexibility index (Phi) is 5.31. The molecule has 2 aromatic heterocycles. The number of aryl methyl sites for hydroxylation is 1. The minimum absolute atomic E-state index is 0.328. The van der Waals surface area contributed by atoms with E-state index in [0.717, 1.165) is 35.5 Å². The average Bonchev–Trinajstić information content (AvgIpc) is 3.12. The number of aromatic nitrogens is 3. The van der Waals surface area contributed by atoms with Gasteiger partial charge in [-0.1, -0.05) is 0 Å². The molecule has 3 aromatic rings. The van der Waals surface area contributed by atoms with Crippen LogP contribution < -0.4 is 10.2 Å². The first-order valence-electron chi connectivity index (χ1n) is 9.04. The van der Waals surface area contributed by atoms with Crippen molar-refractivity contribution in [3.05, 3.63) is 46.6 Å². The van der Waals surface area contributed by atoms with Crippen LogP contribution in [0.25, 0.3) is 11.0 Å². The van der Waals surface area contributed by atoms with E-state index < -0.39 is 0 Å². The maximum Gasteiger partial charge on any atom is 0.212 e. The van der Waals surface area contributed by atoms with Gasteiger partial charge in [0.05, 0.1) is 15.5 Å². The van der Waals surface area contributed by atoms with Crippen molar-refractivity contribution in [2.24, 2.45) is 4.99 Å². The van der Waals surface area contributed by atoms with Gasteiger partial charge in [-0.05, 0) is 46.6 Å². The van der Waals surface area contributed by atoms with Gasteiger partial charge < -0.3 is 14.8 Å². The van der Waals surface area contributed by atoms with E-state index >= 15 is 0 Å². The summed E-state index contributed by atoms with van der Waals surface area (Å²) in [5, 5.41) is 12.8. The standard InChI is InChI=1S/C19H18BrFN8/c1-12-9-23-17-16(12)18(26-11-25-17)28-4-6-29(7-5-28)19(24-10-22)27-13-2-3-15(21)14(20)8-13/h2-3,8-9,11H,4-7H2,1H3,(H,24,27)(H,23,25,26). The molecule has 0 amide bonds. The summed E-state index contributed by atoms with van der Waals surface area (Å²) in [6, 6.07) is 4.49. The van der Waals surface area contributed by atoms with Gasteiger partial charge in [0.15, 0.2) is 6.19 Å². The summed E-state index contributed by atoms with van der Waals surface area (Å²) in [5.74, 6) is 0.988. The maximum atomic E-state index is 13.5. The third-order valence-electron chi connectivity index (χ3n) is 4.83. The third kappa shape index (κ3) is 3.86. The second kappa shape index (κ2) is 8.05. The molecule has 8 nitrogen and oxygen atoms in total. The lowest BCUT2D eigenvalue weighted by Gasteiger charge is -2.36. The number of fused-ring (bicyclic) bond motifs is 1. The van der Waals surface area contributed by atoms with Gasteiger partial charge in [-0.3, -0.25) is 5.32 Å². The van der Waals surface area contributed by atoms with Crippen molar-refractivity contribution < 1.29 is 4.39 Å². The fraction of sp³-hybridized carbons (Fsp3) is 0.263. The van der Waals surface area contributed by atoms with E-state index in [1.807, 2.05) is 24.2 Å². The fourth-order valence-electron chi connectivity index (χ4n) is 3.37. The highest BCUT2D eigenvalue weighted by atomic mass is 79.9. The summed E-state index contributed by atoms with van der Waals surface area (Å²) in [6.45, 7) is 4.78. The Balaban J connectivity index is 1.54. The van der Waals surface area contributed by atoms with Crippen LogP contribution in [0.2, 0.25) is 0 Å². The third-order valence-corrected chi connectivity index (χ3v) is 5.44. The van der Waals surface area contributed by atoms with Crippen molar-refractivity contribution in [1.29, 1.82) is 5.26 Å².